The predicted octanol–water partition coefficient (Wildman–Crippen LogP) is 3.92. The van der Waals surface area contributed by atoms with Crippen molar-refractivity contribution in [2.24, 2.45) is 4.99 Å². The summed E-state index contributed by atoms with van der Waals surface area (Å²) in [6.45, 7) is 11.8. The number of allylic oxidation sites excluding steroid dienone is 2. The highest BCUT2D eigenvalue weighted by molar-refractivity contribution is 5.58. The Hall–Kier alpha value is -3.22. The summed E-state index contributed by atoms with van der Waals surface area (Å²) in [6, 6.07) is 10.1. The molecule has 1 fully saturated rings. The fourth-order valence-corrected chi connectivity index (χ4v) is 2.71. The van der Waals surface area contributed by atoms with Crippen molar-refractivity contribution < 1.29 is 0 Å². The summed E-state index contributed by atoms with van der Waals surface area (Å²) in [6.07, 6.45) is 5.11. The van der Waals surface area contributed by atoms with Crippen LogP contribution in [0.5, 0.6) is 0 Å². The third-order valence-electron chi connectivity index (χ3n) is 4.28. The van der Waals surface area contributed by atoms with Gasteiger partial charge in [0.05, 0.1) is 0 Å². The monoisotopic (exact) mass is 377 g/mol. The van der Waals surface area contributed by atoms with Crippen molar-refractivity contribution >= 4 is 18.6 Å². The largest absolute Gasteiger partial charge is 0.356 e. The smallest absolute Gasteiger partial charge is 0.232 e. The third-order valence-corrected chi connectivity index (χ3v) is 4.28. The first-order valence-corrected chi connectivity index (χ1v) is 9.53. The van der Waals surface area contributed by atoms with Crippen LogP contribution >= 0.6 is 0 Å². The Morgan fingerprint density at radius 2 is 1.86 bits per heavy atom. The lowest BCUT2D eigenvalue weighted by atomic mass is 10.2. The zero-order valence-corrected chi connectivity index (χ0v) is 16.7. The number of likely N-dealkylation sites (tertiary alicyclic amines) is 1. The van der Waals surface area contributed by atoms with Gasteiger partial charge in [0.15, 0.2) is 5.82 Å². The number of nitrogens with zero attached hydrogens (tertiary/aromatic N) is 5. The standard InChI is InChI=1S/C21H27N7/c1-5-17(14-18(22-4)28-12-9-13-28)24-21-26-19(16-10-7-6-8-11-16)25-20(27-21)23-15(2)3/h5-8,10-11,14-15H,4,9,12-13H2,1-3H3,(H2,23,24,25,26,27)/b17-5+,18-14+. The number of benzene rings is 1. The molecule has 3 rings (SSSR count). The topological polar surface area (TPSA) is 78.3 Å². The van der Waals surface area contributed by atoms with E-state index in [2.05, 4.69) is 42.2 Å². The Kier molecular flexibility index (Phi) is 6.37. The van der Waals surface area contributed by atoms with Gasteiger partial charge < -0.3 is 15.5 Å². The van der Waals surface area contributed by atoms with E-state index in [1.54, 1.807) is 0 Å². The van der Waals surface area contributed by atoms with Crippen LogP contribution in [0.15, 0.2) is 59.0 Å². The number of hydrogen-bond acceptors (Lipinski definition) is 7. The summed E-state index contributed by atoms with van der Waals surface area (Å²) in [5.41, 5.74) is 1.79. The number of nitrogens with one attached hydrogen (secondary N) is 2. The van der Waals surface area contributed by atoms with Gasteiger partial charge >= 0.3 is 0 Å². The molecule has 1 aliphatic heterocycles. The van der Waals surface area contributed by atoms with E-state index < -0.39 is 0 Å². The number of rotatable bonds is 8. The van der Waals surface area contributed by atoms with Gasteiger partial charge in [-0.3, -0.25) is 0 Å². The lowest BCUT2D eigenvalue weighted by Gasteiger charge is -2.33. The maximum atomic E-state index is 4.61. The number of aromatic nitrogens is 3. The van der Waals surface area contributed by atoms with Crippen molar-refractivity contribution in [1.82, 2.24) is 19.9 Å². The number of hydrogen-bond donors (Lipinski definition) is 2. The molecule has 1 aromatic carbocycles. The van der Waals surface area contributed by atoms with Crippen LogP contribution in [0.3, 0.4) is 0 Å². The molecule has 0 radical (unpaired) electrons. The van der Waals surface area contributed by atoms with Crippen LogP contribution in [0, 0.1) is 0 Å². The molecular weight excluding hydrogens is 350 g/mol. The SMILES string of the molecule is C=N/C(=C\C(=C/C)Nc1nc(NC(C)C)nc(-c2ccccc2)n1)N1CCC1. The highest BCUT2D eigenvalue weighted by atomic mass is 15.3. The molecule has 0 spiro atoms. The first-order valence-electron chi connectivity index (χ1n) is 9.53. The van der Waals surface area contributed by atoms with E-state index in [1.165, 1.54) is 6.42 Å². The van der Waals surface area contributed by atoms with Crippen LogP contribution in [-0.4, -0.2) is 45.7 Å². The van der Waals surface area contributed by atoms with Crippen LogP contribution in [0.1, 0.15) is 27.2 Å². The zero-order valence-electron chi connectivity index (χ0n) is 16.7. The Labute approximate surface area is 166 Å². The Balaban J connectivity index is 1.91. The van der Waals surface area contributed by atoms with E-state index in [1.807, 2.05) is 63.3 Å². The molecule has 1 aliphatic rings. The lowest BCUT2D eigenvalue weighted by molar-refractivity contribution is 0.237. The van der Waals surface area contributed by atoms with E-state index in [9.17, 15) is 0 Å². The highest BCUT2D eigenvalue weighted by Crippen LogP contribution is 2.20. The molecule has 0 amide bonds. The molecule has 1 aromatic heterocycles. The zero-order chi connectivity index (χ0) is 19.9. The molecule has 0 saturated carbocycles. The number of aliphatic imine (C=N–C) groups is 1. The quantitative estimate of drug-likeness (QED) is 0.536. The summed E-state index contributed by atoms with van der Waals surface area (Å²) >= 11 is 0. The molecule has 7 nitrogen and oxygen atoms in total. The van der Waals surface area contributed by atoms with Crippen molar-refractivity contribution in [3.8, 4) is 11.4 Å². The molecule has 28 heavy (non-hydrogen) atoms. The van der Waals surface area contributed by atoms with E-state index in [-0.39, 0.29) is 6.04 Å². The fraction of sp³-hybridized carbons (Fsp3) is 0.333. The van der Waals surface area contributed by atoms with Gasteiger partial charge in [-0.2, -0.15) is 15.0 Å². The van der Waals surface area contributed by atoms with Gasteiger partial charge in [-0.25, -0.2) is 4.99 Å². The van der Waals surface area contributed by atoms with Crippen LogP contribution < -0.4 is 10.6 Å². The summed E-state index contributed by atoms with van der Waals surface area (Å²) in [5, 5.41) is 6.55. The van der Waals surface area contributed by atoms with E-state index >= 15 is 0 Å². The van der Waals surface area contributed by atoms with Gasteiger partial charge in [-0.15, -0.1) is 0 Å². The van der Waals surface area contributed by atoms with Crippen molar-refractivity contribution in [1.29, 1.82) is 0 Å². The van der Waals surface area contributed by atoms with Crippen molar-refractivity contribution in [2.75, 3.05) is 23.7 Å². The minimum atomic E-state index is 0.211. The van der Waals surface area contributed by atoms with Crippen LogP contribution in [0.25, 0.3) is 11.4 Å². The molecule has 2 heterocycles. The second kappa shape index (κ2) is 9.12. The highest BCUT2D eigenvalue weighted by Gasteiger charge is 2.16. The molecule has 0 atom stereocenters. The lowest BCUT2D eigenvalue weighted by Crippen LogP contribution is -2.35. The van der Waals surface area contributed by atoms with Crippen molar-refractivity contribution in [2.45, 2.75) is 33.2 Å². The first kappa shape index (κ1) is 19.5. The molecule has 2 N–H and O–H groups in total. The minimum Gasteiger partial charge on any atom is -0.356 e. The molecule has 7 heteroatoms. The average molecular weight is 377 g/mol. The van der Waals surface area contributed by atoms with Crippen LogP contribution in [0.2, 0.25) is 0 Å². The predicted molar refractivity (Wildman–Crippen MR) is 115 cm³/mol. The van der Waals surface area contributed by atoms with Gasteiger partial charge in [0, 0.05) is 36.5 Å². The Morgan fingerprint density at radius 3 is 2.43 bits per heavy atom. The maximum Gasteiger partial charge on any atom is 0.232 e. The molecule has 0 aliphatic carbocycles. The van der Waals surface area contributed by atoms with Gasteiger partial charge in [-0.1, -0.05) is 36.4 Å². The van der Waals surface area contributed by atoms with Crippen molar-refractivity contribution in [3.63, 3.8) is 0 Å². The molecule has 1 saturated heterocycles. The Morgan fingerprint density at radius 1 is 1.14 bits per heavy atom. The summed E-state index contributed by atoms with van der Waals surface area (Å²) in [7, 11) is 0. The van der Waals surface area contributed by atoms with Gasteiger partial charge in [0.1, 0.15) is 5.82 Å². The summed E-state index contributed by atoms with van der Waals surface area (Å²) < 4.78 is 0. The molecular formula is C21H27N7. The molecule has 2 aromatic rings. The summed E-state index contributed by atoms with van der Waals surface area (Å²) in [4.78, 5) is 20.0. The normalized spacial score (nSPS) is 14.6. The maximum absolute atomic E-state index is 4.61. The molecule has 146 valence electrons. The number of anilines is 2. The van der Waals surface area contributed by atoms with Gasteiger partial charge in [0.2, 0.25) is 11.9 Å². The van der Waals surface area contributed by atoms with Gasteiger partial charge in [-0.05, 0) is 33.9 Å². The van der Waals surface area contributed by atoms with E-state index in [4.69, 9.17) is 0 Å². The first-order chi connectivity index (χ1) is 13.6. The van der Waals surface area contributed by atoms with Crippen molar-refractivity contribution in [3.05, 3.63) is 54.0 Å². The molecule has 0 unspecified atom stereocenters. The third kappa shape index (κ3) is 4.94. The van der Waals surface area contributed by atoms with E-state index in [0.717, 1.165) is 30.2 Å². The summed E-state index contributed by atoms with van der Waals surface area (Å²) in [5.74, 6) is 2.49. The van der Waals surface area contributed by atoms with E-state index in [0.29, 0.717) is 17.7 Å². The second-order valence-electron chi connectivity index (χ2n) is 6.84. The average Bonchev–Trinajstić information content (AvgIpc) is 2.65. The molecule has 0 bridgehead atoms. The van der Waals surface area contributed by atoms with Gasteiger partial charge in [0.25, 0.3) is 0 Å². The van der Waals surface area contributed by atoms with Crippen LogP contribution in [-0.2, 0) is 0 Å². The van der Waals surface area contributed by atoms with Crippen LogP contribution in [0.4, 0.5) is 11.9 Å². The fourth-order valence-electron chi connectivity index (χ4n) is 2.71. The Bertz CT molecular complexity index is 868. The minimum absolute atomic E-state index is 0.211. The second-order valence-corrected chi connectivity index (χ2v) is 6.84.